The molecule has 2 rings (SSSR count). The minimum Gasteiger partial charge on any atom is -0.490 e. The van der Waals surface area contributed by atoms with Crippen LogP contribution in [0.2, 0.25) is 0 Å². The summed E-state index contributed by atoms with van der Waals surface area (Å²) < 4.78 is 24.0. The number of rotatable bonds is 4. The van der Waals surface area contributed by atoms with Gasteiger partial charge in [-0.25, -0.2) is 4.39 Å². The van der Waals surface area contributed by atoms with Gasteiger partial charge < -0.3 is 14.8 Å². The number of hydrogen-bond acceptors (Lipinski definition) is 4. The van der Waals surface area contributed by atoms with E-state index in [1.807, 2.05) is 6.92 Å². The van der Waals surface area contributed by atoms with E-state index >= 15 is 0 Å². The Bertz CT molecular complexity index is 506. The maximum atomic E-state index is 13.3. The molecule has 2 unspecified atom stereocenters. The van der Waals surface area contributed by atoms with Gasteiger partial charge in [0.25, 0.3) is 0 Å². The summed E-state index contributed by atoms with van der Waals surface area (Å²) in [7, 11) is 3.12. The molecule has 1 aromatic rings. The largest absolute Gasteiger partial charge is 0.490 e. The molecule has 0 heterocycles. The van der Waals surface area contributed by atoms with Crippen molar-refractivity contribution in [3.63, 3.8) is 0 Å². The van der Waals surface area contributed by atoms with Gasteiger partial charge in [0.15, 0.2) is 0 Å². The first-order chi connectivity index (χ1) is 9.50. The van der Waals surface area contributed by atoms with Crippen molar-refractivity contribution < 1.29 is 18.7 Å². The van der Waals surface area contributed by atoms with Gasteiger partial charge in [-0.2, -0.15) is 0 Å². The van der Waals surface area contributed by atoms with Crippen molar-refractivity contribution in [2.24, 2.45) is 0 Å². The van der Waals surface area contributed by atoms with Gasteiger partial charge in [-0.05, 0) is 38.4 Å². The highest BCUT2D eigenvalue weighted by Gasteiger charge is 2.46. The SMILES string of the molecule is CNC1(C(=O)OC)CCC(Oc2cc(F)ccc2C)C1. The maximum absolute atomic E-state index is 13.3. The first-order valence-corrected chi connectivity index (χ1v) is 6.71. The molecule has 0 aromatic heterocycles. The van der Waals surface area contributed by atoms with Crippen LogP contribution in [0.3, 0.4) is 0 Å². The Morgan fingerprint density at radius 2 is 2.25 bits per heavy atom. The molecule has 0 spiro atoms. The summed E-state index contributed by atoms with van der Waals surface area (Å²) in [5, 5.41) is 3.04. The summed E-state index contributed by atoms with van der Waals surface area (Å²) in [6.07, 6.45) is 1.77. The Morgan fingerprint density at radius 1 is 1.50 bits per heavy atom. The predicted molar refractivity (Wildman–Crippen MR) is 73.2 cm³/mol. The standard InChI is InChI=1S/C15H20FNO3/c1-10-4-5-11(16)8-13(10)20-12-6-7-15(9-12,17-2)14(18)19-3/h4-5,8,12,17H,6-7,9H2,1-3H3. The molecule has 0 amide bonds. The Morgan fingerprint density at radius 3 is 2.90 bits per heavy atom. The van der Waals surface area contributed by atoms with E-state index in [1.165, 1.54) is 19.2 Å². The van der Waals surface area contributed by atoms with Gasteiger partial charge >= 0.3 is 5.97 Å². The molecule has 1 aliphatic carbocycles. The average molecular weight is 281 g/mol. The summed E-state index contributed by atoms with van der Waals surface area (Å²) >= 11 is 0. The lowest BCUT2D eigenvalue weighted by molar-refractivity contribution is -0.148. The quantitative estimate of drug-likeness (QED) is 0.860. The molecule has 110 valence electrons. The lowest BCUT2D eigenvalue weighted by Gasteiger charge is -2.25. The molecule has 5 heteroatoms. The van der Waals surface area contributed by atoms with Crippen LogP contribution in [-0.2, 0) is 9.53 Å². The Hall–Kier alpha value is -1.62. The number of benzene rings is 1. The lowest BCUT2D eigenvalue weighted by Crippen LogP contribution is -2.49. The summed E-state index contributed by atoms with van der Waals surface area (Å²) in [4.78, 5) is 11.9. The van der Waals surface area contributed by atoms with Crippen LogP contribution in [0.1, 0.15) is 24.8 Å². The van der Waals surface area contributed by atoms with E-state index in [0.29, 0.717) is 18.6 Å². The van der Waals surface area contributed by atoms with Crippen LogP contribution in [0.15, 0.2) is 18.2 Å². The average Bonchev–Trinajstić information content (AvgIpc) is 2.86. The second kappa shape index (κ2) is 5.79. The predicted octanol–water partition coefficient (Wildman–Crippen LogP) is 2.20. The summed E-state index contributed by atoms with van der Waals surface area (Å²) in [5.41, 5.74) is 0.187. The third-order valence-corrected chi connectivity index (χ3v) is 3.97. The topological polar surface area (TPSA) is 47.6 Å². The van der Waals surface area contributed by atoms with Gasteiger partial charge in [-0.15, -0.1) is 0 Å². The molecule has 1 fully saturated rings. The molecule has 0 saturated heterocycles. The van der Waals surface area contributed by atoms with Crippen LogP contribution >= 0.6 is 0 Å². The second-order valence-corrected chi connectivity index (χ2v) is 5.22. The number of methoxy groups -OCH3 is 1. The van der Waals surface area contributed by atoms with Crippen LogP contribution in [0.4, 0.5) is 4.39 Å². The van der Waals surface area contributed by atoms with Gasteiger partial charge in [-0.1, -0.05) is 6.07 Å². The first-order valence-electron chi connectivity index (χ1n) is 6.71. The smallest absolute Gasteiger partial charge is 0.326 e. The van der Waals surface area contributed by atoms with Crippen molar-refractivity contribution in [1.82, 2.24) is 5.32 Å². The van der Waals surface area contributed by atoms with E-state index in [1.54, 1.807) is 13.1 Å². The molecule has 2 atom stereocenters. The van der Waals surface area contributed by atoms with Gasteiger partial charge in [-0.3, -0.25) is 4.79 Å². The molecule has 0 bridgehead atoms. The molecule has 0 aliphatic heterocycles. The van der Waals surface area contributed by atoms with Crippen molar-refractivity contribution >= 4 is 5.97 Å². The zero-order valence-corrected chi connectivity index (χ0v) is 12.0. The summed E-state index contributed by atoms with van der Waals surface area (Å²) in [6, 6.07) is 4.47. The number of ether oxygens (including phenoxy) is 2. The van der Waals surface area contributed by atoms with Crippen molar-refractivity contribution in [3.05, 3.63) is 29.6 Å². The van der Waals surface area contributed by atoms with E-state index in [2.05, 4.69) is 5.32 Å². The summed E-state index contributed by atoms with van der Waals surface area (Å²) in [6.45, 7) is 1.87. The van der Waals surface area contributed by atoms with Crippen LogP contribution in [0.25, 0.3) is 0 Å². The number of carbonyl (C=O) groups excluding carboxylic acids is 1. The molecule has 0 radical (unpaired) electrons. The zero-order chi connectivity index (χ0) is 14.8. The Labute approximate surface area is 118 Å². The van der Waals surface area contributed by atoms with Crippen molar-refractivity contribution in [1.29, 1.82) is 0 Å². The minimum absolute atomic E-state index is 0.123. The van der Waals surface area contributed by atoms with Crippen molar-refractivity contribution in [2.75, 3.05) is 14.2 Å². The zero-order valence-electron chi connectivity index (χ0n) is 12.0. The van der Waals surface area contributed by atoms with E-state index in [4.69, 9.17) is 9.47 Å². The normalized spacial score (nSPS) is 25.5. The molecular weight excluding hydrogens is 261 g/mol. The Balaban J connectivity index is 2.10. The highest BCUT2D eigenvalue weighted by atomic mass is 19.1. The first kappa shape index (κ1) is 14.8. The number of nitrogens with one attached hydrogen (secondary N) is 1. The molecule has 1 N–H and O–H groups in total. The fraction of sp³-hybridized carbons (Fsp3) is 0.533. The van der Waals surface area contributed by atoms with Gasteiger partial charge in [0.1, 0.15) is 23.2 Å². The van der Waals surface area contributed by atoms with Gasteiger partial charge in [0.05, 0.1) is 7.11 Å². The lowest BCUT2D eigenvalue weighted by atomic mass is 9.98. The van der Waals surface area contributed by atoms with Crippen LogP contribution in [0.5, 0.6) is 5.75 Å². The minimum atomic E-state index is -0.694. The third kappa shape index (κ3) is 2.77. The fourth-order valence-corrected chi connectivity index (χ4v) is 2.69. The number of carbonyl (C=O) groups is 1. The van der Waals surface area contributed by atoms with E-state index < -0.39 is 5.54 Å². The fourth-order valence-electron chi connectivity index (χ4n) is 2.69. The Kier molecular flexibility index (Phi) is 4.28. The van der Waals surface area contributed by atoms with Crippen molar-refractivity contribution in [3.8, 4) is 5.75 Å². The number of halogens is 1. The number of likely N-dealkylation sites (N-methyl/N-ethyl adjacent to an activating group) is 1. The number of aryl methyl sites for hydroxylation is 1. The third-order valence-electron chi connectivity index (χ3n) is 3.97. The molecule has 1 aliphatic rings. The highest BCUT2D eigenvalue weighted by molar-refractivity contribution is 5.81. The molecular formula is C15H20FNO3. The summed E-state index contributed by atoms with van der Waals surface area (Å²) in [5.74, 6) is -0.0646. The highest BCUT2D eigenvalue weighted by Crippen LogP contribution is 2.34. The molecule has 4 nitrogen and oxygen atoms in total. The number of esters is 1. The van der Waals surface area contributed by atoms with E-state index in [-0.39, 0.29) is 17.9 Å². The van der Waals surface area contributed by atoms with Crippen LogP contribution in [0, 0.1) is 12.7 Å². The van der Waals surface area contributed by atoms with E-state index in [0.717, 1.165) is 12.0 Å². The van der Waals surface area contributed by atoms with Crippen LogP contribution < -0.4 is 10.1 Å². The van der Waals surface area contributed by atoms with Gasteiger partial charge in [0, 0.05) is 12.5 Å². The second-order valence-electron chi connectivity index (χ2n) is 5.22. The van der Waals surface area contributed by atoms with Gasteiger partial charge in [0.2, 0.25) is 0 Å². The van der Waals surface area contributed by atoms with Crippen LogP contribution in [-0.4, -0.2) is 31.8 Å². The molecule has 20 heavy (non-hydrogen) atoms. The van der Waals surface area contributed by atoms with Crippen molar-refractivity contribution in [2.45, 2.75) is 37.8 Å². The monoisotopic (exact) mass is 281 g/mol. The van der Waals surface area contributed by atoms with E-state index in [9.17, 15) is 9.18 Å². The number of hydrogen-bond donors (Lipinski definition) is 1. The molecule has 1 saturated carbocycles. The molecule has 1 aromatic carbocycles. The maximum Gasteiger partial charge on any atom is 0.326 e.